The van der Waals surface area contributed by atoms with E-state index in [2.05, 4.69) is 10.6 Å². The van der Waals surface area contributed by atoms with Gasteiger partial charge >= 0.3 is 35.9 Å². The van der Waals surface area contributed by atoms with Crippen LogP contribution in [-0.4, -0.2) is 86.3 Å². The number of carbonyl (C=O) groups excluding carboxylic acids is 6. The van der Waals surface area contributed by atoms with Gasteiger partial charge in [-0.1, -0.05) is 30.3 Å². The summed E-state index contributed by atoms with van der Waals surface area (Å²) >= 11 is 0. The average molecular weight is 553 g/mol. The van der Waals surface area contributed by atoms with Gasteiger partial charge in [-0.15, -0.1) is 0 Å². The second-order valence-corrected chi connectivity index (χ2v) is 8.50. The summed E-state index contributed by atoms with van der Waals surface area (Å²) in [6.07, 6.45) is -6.99. The molecule has 1 fully saturated rings. The maximum Gasteiger partial charge on any atom is 0.328 e. The molecule has 2 N–H and O–H groups in total. The van der Waals surface area contributed by atoms with Crippen molar-refractivity contribution in [3.8, 4) is 0 Å². The van der Waals surface area contributed by atoms with Gasteiger partial charge in [0.1, 0.15) is 18.8 Å². The number of amides is 2. The maximum absolute atomic E-state index is 13.0. The van der Waals surface area contributed by atoms with Gasteiger partial charge in [0.2, 0.25) is 0 Å². The van der Waals surface area contributed by atoms with Crippen molar-refractivity contribution in [2.24, 2.45) is 0 Å². The SMILES string of the molecule is COC(=O)[C@H](Cc1ccccc1)NC(=O)N[C@@H]1O[C@H](COC(C)=O)[C@@H](OC(C)=O)[C@H](OC(C)=O)[C@H]1OC(C)=O. The Labute approximate surface area is 224 Å². The predicted octanol–water partition coefficient (Wildman–Crippen LogP) is 0.153. The van der Waals surface area contributed by atoms with E-state index in [-0.39, 0.29) is 6.42 Å². The molecule has 0 unspecified atom stereocenters. The Bertz CT molecular complexity index is 1050. The van der Waals surface area contributed by atoms with Gasteiger partial charge in [0.05, 0.1) is 7.11 Å². The van der Waals surface area contributed by atoms with Crippen molar-refractivity contribution in [3.63, 3.8) is 0 Å². The number of rotatable bonds is 10. The molecular weight excluding hydrogens is 520 g/mol. The number of carbonyl (C=O) groups is 6. The van der Waals surface area contributed by atoms with Crippen LogP contribution in [-0.2, 0) is 58.8 Å². The molecule has 0 spiro atoms. The minimum atomic E-state index is -1.50. The molecule has 0 bridgehead atoms. The van der Waals surface area contributed by atoms with Gasteiger partial charge in [0.25, 0.3) is 0 Å². The van der Waals surface area contributed by atoms with E-state index in [1.54, 1.807) is 30.3 Å². The molecule has 1 heterocycles. The quantitative estimate of drug-likeness (QED) is 0.297. The molecule has 0 saturated carbocycles. The Balaban J connectivity index is 2.35. The van der Waals surface area contributed by atoms with Gasteiger partial charge in [-0.25, -0.2) is 9.59 Å². The largest absolute Gasteiger partial charge is 0.467 e. The summed E-state index contributed by atoms with van der Waals surface area (Å²) in [5.74, 6) is -3.85. The molecule has 0 aliphatic carbocycles. The van der Waals surface area contributed by atoms with E-state index in [9.17, 15) is 28.8 Å². The molecule has 14 nitrogen and oxygen atoms in total. The van der Waals surface area contributed by atoms with Gasteiger partial charge in [0.15, 0.2) is 24.5 Å². The standard InChI is InChI=1S/C25H32N2O12/c1-13(28)35-12-19-20(36-14(2)29)21(37-15(3)30)22(38-16(4)31)23(39-19)27-25(33)26-18(24(32)34-5)11-17-9-7-6-8-10-17/h6-10,18-23H,11-12H2,1-5H3,(H2,26,27,33)/t18-,19+,20+,21-,22+,23+/m0/s1. The number of hydrogen-bond donors (Lipinski definition) is 2. The van der Waals surface area contributed by atoms with E-state index in [1.807, 2.05) is 0 Å². The summed E-state index contributed by atoms with van der Waals surface area (Å²) in [6, 6.07) is 6.80. The van der Waals surface area contributed by atoms with E-state index in [0.29, 0.717) is 0 Å². The van der Waals surface area contributed by atoms with Crippen LogP contribution in [0.4, 0.5) is 4.79 Å². The highest BCUT2D eigenvalue weighted by Gasteiger charge is 2.52. The Hall–Kier alpha value is -4.20. The fourth-order valence-electron chi connectivity index (χ4n) is 3.86. The lowest BCUT2D eigenvalue weighted by Gasteiger charge is -2.44. The number of benzene rings is 1. The van der Waals surface area contributed by atoms with Crippen molar-refractivity contribution in [1.82, 2.24) is 10.6 Å². The normalized spacial score (nSPS) is 22.8. The molecule has 2 rings (SSSR count). The highest BCUT2D eigenvalue weighted by Crippen LogP contribution is 2.28. The third-order valence-corrected chi connectivity index (χ3v) is 5.34. The van der Waals surface area contributed by atoms with Crippen molar-refractivity contribution in [1.29, 1.82) is 0 Å². The third-order valence-electron chi connectivity index (χ3n) is 5.34. The zero-order valence-electron chi connectivity index (χ0n) is 22.2. The molecular formula is C25H32N2O12. The van der Waals surface area contributed by atoms with Crippen molar-refractivity contribution >= 4 is 35.9 Å². The van der Waals surface area contributed by atoms with Crippen LogP contribution in [0.1, 0.15) is 33.3 Å². The first-order valence-corrected chi connectivity index (χ1v) is 11.9. The monoisotopic (exact) mass is 552 g/mol. The minimum Gasteiger partial charge on any atom is -0.467 e. The summed E-state index contributed by atoms with van der Waals surface area (Å²) < 4.78 is 31.5. The lowest BCUT2D eigenvalue weighted by Crippen LogP contribution is -2.67. The van der Waals surface area contributed by atoms with Crippen molar-refractivity contribution in [2.75, 3.05) is 13.7 Å². The summed E-state index contributed by atoms with van der Waals surface area (Å²) in [5.41, 5.74) is 0.737. The molecule has 1 aliphatic heterocycles. The molecule has 1 aromatic carbocycles. The number of methoxy groups -OCH3 is 1. The Morgan fingerprint density at radius 3 is 1.92 bits per heavy atom. The van der Waals surface area contributed by atoms with Crippen LogP contribution in [0.2, 0.25) is 0 Å². The second-order valence-electron chi connectivity index (χ2n) is 8.50. The fraction of sp³-hybridized carbons (Fsp3) is 0.520. The summed E-state index contributed by atoms with van der Waals surface area (Å²) in [6.45, 7) is 3.91. The fourth-order valence-corrected chi connectivity index (χ4v) is 3.86. The molecule has 1 aromatic rings. The number of nitrogens with one attached hydrogen (secondary N) is 2. The minimum absolute atomic E-state index is 0.0967. The highest BCUT2D eigenvalue weighted by molar-refractivity contribution is 5.84. The van der Waals surface area contributed by atoms with Gasteiger partial charge in [-0.3, -0.25) is 19.2 Å². The molecule has 6 atom stereocenters. The highest BCUT2D eigenvalue weighted by atomic mass is 16.7. The van der Waals surface area contributed by atoms with Gasteiger partial charge in [-0.05, 0) is 5.56 Å². The number of esters is 5. The smallest absolute Gasteiger partial charge is 0.328 e. The third kappa shape index (κ3) is 9.89. The van der Waals surface area contributed by atoms with Crippen molar-refractivity contribution in [2.45, 2.75) is 70.8 Å². The molecule has 0 aromatic heterocycles. The molecule has 1 saturated heterocycles. The first-order valence-electron chi connectivity index (χ1n) is 11.9. The van der Waals surface area contributed by atoms with E-state index < -0.39 is 79.2 Å². The van der Waals surface area contributed by atoms with Gasteiger partial charge in [-0.2, -0.15) is 0 Å². The number of urea groups is 1. The predicted molar refractivity (Wildman–Crippen MR) is 130 cm³/mol. The van der Waals surface area contributed by atoms with E-state index in [0.717, 1.165) is 33.3 Å². The molecule has 1 aliphatic rings. The number of ether oxygens (including phenoxy) is 6. The number of hydrogen-bond acceptors (Lipinski definition) is 12. The van der Waals surface area contributed by atoms with E-state index >= 15 is 0 Å². The van der Waals surface area contributed by atoms with Crippen LogP contribution < -0.4 is 10.6 Å². The first-order chi connectivity index (χ1) is 18.4. The second kappa shape index (κ2) is 14.7. The Morgan fingerprint density at radius 2 is 1.38 bits per heavy atom. The van der Waals surface area contributed by atoms with Crippen LogP contribution >= 0.6 is 0 Å². The zero-order chi connectivity index (χ0) is 29.1. The Kier molecular flexibility index (Phi) is 11.7. The van der Waals surface area contributed by atoms with Crippen LogP contribution in [0.15, 0.2) is 30.3 Å². The van der Waals surface area contributed by atoms with E-state index in [4.69, 9.17) is 28.4 Å². The molecule has 39 heavy (non-hydrogen) atoms. The zero-order valence-corrected chi connectivity index (χ0v) is 22.2. The summed E-state index contributed by atoms with van der Waals surface area (Å²) in [4.78, 5) is 72.5. The lowest BCUT2D eigenvalue weighted by atomic mass is 9.97. The van der Waals surface area contributed by atoms with Gasteiger partial charge < -0.3 is 39.1 Å². The van der Waals surface area contributed by atoms with Crippen LogP contribution in [0, 0.1) is 0 Å². The molecule has 14 heteroatoms. The van der Waals surface area contributed by atoms with Crippen LogP contribution in [0.3, 0.4) is 0 Å². The Morgan fingerprint density at radius 1 is 0.821 bits per heavy atom. The lowest BCUT2D eigenvalue weighted by molar-refractivity contribution is -0.255. The molecule has 0 radical (unpaired) electrons. The molecule has 214 valence electrons. The molecule has 2 amide bonds. The topological polar surface area (TPSA) is 182 Å². The van der Waals surface area contributed by atoms with Gasteiger partial charge in [0, 0.05) is 34.1 Å². The summed E-state index contributed by atoms with van der Waals surface area (Å²) in [5, 5.41) is 4.91. The van der Waals surface area contributed by atoms with E-state index in [1.165, 1.54) is 7.11 Å². The van der Waals surface area contributed by atoms with Crippen LogP contribution in [0.25, 0.3) is 0 Å². The van der Waals surface area contributed by atoms with Crippen LogP contribution in [0.5, 0.6) is 0 Å². The first kappa shape index (κ1) is 31.0. The summed E-state index contributed by atoms with van der Waals surface area (Å²) in [7, 11) is 1.17. The maximum atomic E-state index is 13.0. The van der Waals surface area contributed by atoms with Crippen molar-refractivity contribution in [3.05, 3.63) is 35.9 Å². The van der Waals surface area contributed by atoms with Crippen molar-refractivity contribution < 1.29 is 57.2 Å². The average Bonchev–Trinajstić information content (AvgIpc) is 2.85.